The summed E-state index contributed by atoms with van der Waals surface area (Å²) < 4.78 is 20.1. The van der Waals surface area contributed by atoms with Crippen LogP contribution in [0.1, 0.15) is 74.5 Å². The number of hydrogen-bond acceptors (Lipinski definition) is 6. The number of rotatable bonds is 12. The van der Waals surface area contributed by atoms with Gasteiger partial charge in [-0.05, 0) is 86.1 Å². The molecule has 1 saturated carbocycles. The Kier molecular flexibility index (Phi) is 7.70. The van der Waals surface area contributed by atoms with Gasteiger partial charge in [0.25, 0.3) is 0 Å². The minimum Gasteiger partial charge on any atom is -0.490 e. The van der Waals surface area contributed by atoms with Crippen LogP contribution in [0, 0.1) is 11.7 Å². The maximum Gasteiger partial charge on any atom is 0.225 e. The van der Waals surface area contributed by atoms with Gasteiger partial charge in [-0.25, -0.2) is 9.37 Å². The molecule has 0 radical (unpaired) electrons. The zero-order valence-corrected chi connectivity index (χ0v) is 21.0. The fourth-order valence-electron chi connectivity index (χ4n) is 4.86. The predicted molar refractivity (Wildman–Crippen MR) is 137 cm³/mol. The van der Waals surface area contributed by atoms with Crippen molar-refractivity contribution < 1.29 is 13.9 Å². The second-order valence-corrected chi connectivity index (χ2v) is 10.2. The lowest BCUT2D eigenvalue weighted by Crippen LogP contribution is -2.40. The summed E-state index contributed by atoms with van der Waals surface area (Å²) in [5.74, 6) is 1.70. The van der Waals surface area contributed by atoms with E-state index in [1.807, 2.05) is 24.5 Å². The molecule has 8 heteroatoms. The van der Waals surface area contributed by atoms with Crippen molar-refractivity contribution in [3.05, 3.63) is 64.9 Å². The number of aromatic nitrogens is 1. The minimum absolute atomic E-state index is 0.0476. The highest BCUT2D eigenvalue weighted by Gasteiger charge is 2.24. The monoisotopic (exact) mass is 493 g/mol. The van der Waals surface area contributed by atoms with E-state index >= 15 is 0 Å². The summed E-state index contributed by atoms with van der Waals surface area (Å²) in [5, 5.41) is 5.02. The number of anilines is 1. The van der Waals surface area contributed by atoms with Crippen molar-refractivity contribution in [1.82, 2.24) is 21.0 Å². The van der Waals surface area contributed by atoms with Gasteiger partial charge >= 0.3 is 0 Å². The third-order valence-corrected chi connectivity index (χ3v) is 7.33. The molecule has 7 nitrogen and oxygen atoms in total. The molecule has 1 aromatic heterocycles. The Morgan fingerprint density at radius 1 is 1.19 bits per heavy atom. The van der Waals surface area contributed by atoms with Gasteiger partial charge < -0.3 is 15.5 Å². The number of ether oxygens (including phenoxy) is 1. The minimum atomic E-state index is -0.283. The van der Waals surface area contributed by atoms with E-state index in [9.17, 15) is 9.18 Å². The van der Waals surface area contributed by atoms with Crippen LogP contribution in [0.2, 0.25) is 0 Å². The van der Waals surface area contributed by atoms with E-state index < -0.39 is 0 Å². The molecule has 0 bridgehead atoms. The first kappa shape index (κ1) is 24.6. The van der Waals surface area contributed by atoms with E-state index in [1.54, 1.807) is 0 Å². The van der Waals surface area contributed by atoms with Crippen LogP contribution in [-0.2, 0) is 17.6 Å². The highest BCUT2D eigenvalue weighted by Crippen LogP contribution is 2.32. The molecule has 192 valence electrons. The number of unbranched alkanes of at least 4 members (excludes halogenated alkanes) is 1. The Balaban J connectivity index is 1.11. The molecule has 36 heavy (non-hydrogen) atoms. The number of hydrazine groups is 2. The van der Waals surface area contributed by atoms with E-state index in [0.717, 1.165) is 56.2 Å². The lowest BCUT2D eigenvalue weighted by Gasteiger charge is -2.27. The van der Waals surface area contributed by atoms with Gasteiger partial charge in [0.2, 0.25) is 5.91 Å². The van der Waals surface area contributed by atoms with Gasteiger partial charge in [-0.1, -0.05) is 19.1 Å². The number of benzene rings is 1. The topological polar surface area (TPSA) is 78.5 Å². The van der Waals surface area contributed by atoms with E-state index in [4.69, 9.17) is 4.74 Å². The highest BCUT2D eigenvalue weighted by molar-refractivity contribution is 5.92. The van der Waals surface area contributed by atoms with E-state index in [2.05, 4.69) is 39.3 Å². The molecule has 0 saturated heterocycles. The fraction of sp³-hybridized carbons (Fsp3) is 0.500. The van der Waals surface area contributed by atoms with Crippen LogP contribution in [0.3, 0.4) is 0 Å². The average molecular weight is 494 g/mol. The van der Waals surface area contributed by atoms with Crippen LogP contribution in [-0.4, -0.2) is 29.1 Å². The Bertz CT molecular complexity index is 1120. The van der Waals surface area contributed by atoms with E-state index in [1.165, 1.54) is 30.2 Å². The number of halogens is 1. The standard InChI is InChI=1S/C28H36FN5O2/c1-2-21(22-9-11-25(29)26(14-22)36-18-19-7-8-19)17-34-24(16-31-33-34)6-4-3-5-20-13-23-10-12-27(35)32-28(23)30-15-20/h9,11,13-16,19,21,31,33H,2-8,10,12,17-18H2,1H3,(H,30,32,35)/t21-/m0/s1. The van der Waals surface area contributed by atoms with Crippen LogP contribution >= 0.6 is 0 Å². The molecule has 1 amide bonds. The molecule has 0 spiro atoms. The van der Waals surface area contributed by atoms with Crippen LogP contribution in [0.25, 0.3) is 0 Å². The van der Waals surface area contributed by atoms with Crippen molar-refractivity contribution >= 4 is 11.7 Å². The second-order valence-electron chi connectivity index (χ2n) is 10.2. The Morgan fingerprint density at radius 3 is 2.89 bits per heavy atom. The first-order chi connectivity index (χ1) is 17.6. The van der Waals surface area contributed by atoms with Gasteiger partial charge in [0, 0.05) is 37.0 Å². The largest absolute Gasteiger partial charge is 0.490 e. The number of carbonyl (C=O) groups is 1. The molecule has 1 atom stereocenters. The number of amides is 1. The van der Waals surface area contributed by atoms with Crippen LogP contribution < -0.4 is 21.0 Å². The SMILES string of the molecule is CC[C@@H](CN1NNC=C1CCCCc1cnc2c(c1)CCC(=O)N2)c1ccc(F)c(OCC2CC2)c1. The summed E-state index contributed by atoms with van der Waals surface area (Å²) in [6, 6.07) is 7.49. The molecule has 3 N–H and O–H groups in total. The summed E-state index contributed by atoms with van der Waals surface area (Å²) in [6.45, 7) is 3.58. The van der Waals surface area contributed by atoms with Crippen molar-refractivity contribution in [3.63, 3.8) is 0 Å². The predicted octanol–water partition coefficient (Wildman–Crippen LogP) is 4.97. The zero-order valence-electron chi connectivity index (χ0n) is 21.0. The Morgan fingerprint density at radius 2 is 2.06 bits per heavy atom. The number of allylic oxidation sites excluding steroid dienone is 1. The summed E-state index contributed by atoms with van der Waals surface area (Å²) in [7, 11) is 0. The third-order valence-electron chi connectivity index (χ3n) is 7.33. The average Bonchev–Trinajstić information content (AvgIpc) is 3.62. The van der Waals surface area contributed by atoms with E-state index in [0.29, 0.717) is 30.5 Å². The second kappa shape index (κ2) is 11.3. The van der Waals surface area contributed by atoms with Gasteiger partial charge in [0.1, 0.15) is 5.82 Å². The molecule has 2 aromatic rings. The van der Waals surface area contributed by atoms with Gasteiger partial charge in [-0.3, -0.25) is 9.80 Å². The van der Waals surface area contributed by atoms with Gasteiger partial charge in [-0.15, -0.1) is 5.53 Å². The maximum atomic E-state index is 14.3. The molecular formula is C28H36FN5O2. The van der Waals surface area contributed by atoms with Crippen LogP contribution in [0.4, 0.5) is 10.2 Å². The van der Waals surface area contributed by atoms with Crippen molar-refractivity contribution in [2.75, 3.05) is 18.5 Å². The summed E-state index contributed by atoms with van der Waals surface area (Å²) >= 11 is 0. The number of nitrogens with one attached hydrogen (secondary N) is 3. The molecule has 3 heterocycles. The first-order valence-corrected chi connectivity index (χ1v) is 13.3. The molecule has 0 unspecified atom stereocenters. The van der Waals surface area contributed by atoms with Crippen molar-refractivity contribution in [3.8, 4) is 5.75 Å². The maximum absolute atomic E-state index is 14.3. The normalized spacial score (nSPS) is 17.8. The lowest BCUT2D eigenvalue weighted by molar-refractivity contribution is -0.116. The van der Waals surface area contributed by atoms with Gasteiger partial charge in [-0.2, -0.15) is 0 Å². The Labute approximate surface area is 212 Å². The van der Waals surface area contributed by atoms with Crippen LogP contribution in [0.5, 0.6) is 5.75 Å². The smallest absolute Gasteiger partial charge is 0.225 e. The third kappa shape index (κ3) is 6.16. The van der Waals surface area contributed by atoms with Gasteiger partial charge in [0.15, 0.2) is 11.6 Å². The molecule has 5 rings (SSSR count). The Hall–Kier alpha value is -3.13. The molecule has 3 aliphatic rings. The number of pyridine rings is 1. The number of aryl methyl sites for hydroxylation is 2. The lowest BCUT2D eigenvalue weighted by atomic mass is 9.95. The number of fused-ring (bicyclic) bond motifs is 1. The number of carbonyl (C=O) groups excluding carboxylic acids is 1. The number of nitrogens with zero attached hydrogens (tertiary/aromatic N) is 2. The zero-order chi connectivity index (χ0) is 24.9. The molecule has 1 fully saturated rings. The summed E-state index contributed by atoms with van der Waals surface area (Å²) in [4.78, 5) is 16.0. The molecule has 1 aliphatic carbocycles. The van der Waals surface area contributed by atoms with Crippen molar-refractivity contribution in [2.24, 2.45) is 5.92 Å². The van der Waals surface area contributed by atoms with Crippen molar-refractivity contribution in [2.45, 2.75) is 70.6 Å². The summed E-state index contributed by atoms with van der Waals surface area (Å²) in [5.41, 5.74) is 11.1. The fourth-order valence-corrected chi connectivity index (χ4v) is 4.86. The summed E-state index contributed by atoms with van der Waals surface area (Å²) in [6.07, 6.45) is 12.6. The van der Waals surface area contributed by atoms with Crippen molar-refractivity contribution in [1.29, 1.82) is 0 Å². The molecule has 2 aliphatic heterocycles. The van der Waals surface area contributed by atoms with Crippen LogP contribution in [0.15, 0.2) is 42.4 Å². The first-order valence-electron chi connectivity index (χ1n) is 13.3. The van der Waals surface area contributed by atoms with Gasteiger partial charge in [0.05, 0.1) is 6.61 Å². The number of hydrogen-bond donors (Lipinski definition) is 3. The van der Waals surface area contributed by atoms with E-state index in [-0.39, 0.29) is 17.6 Å². The quantitative estimate of drug-likeness (QED) is 0.363. The highest BCUT2D eigenvalue weighted by atomic mass is 19.1. The molecule has 1 aromatic carbocycles. The molecular weight excluding hydrogens is 457 g/mol.